The lowest BCUT2D eigenvalue weighted by Crippen LogP contribution is -2.45. The molecule has 1 N–H and O–H groups in total. The van der Waals surface area contributed by atoms with E-state index in [1.165, 1.54) is 36.9 Å². The third-order valence-electron chi connectivity index (χ3n) is 5.41. The van der Waals surface area contributed by atoms with Crippen molar-refractivity contribution in [3.8, 4) is 0 Å². The predicted octanol–water partition coefficient (Wildman–Crippen LogP) is 2.20. The topological polar surface area (TPSA) is 58.1 Å². The Labute approximate surface area is 145 Å². The van der Waals surface area contributed by atoms with Crippen LogP contribution in [-0.4, -0.2) is 47.0 Å². The lowest BCUT2D eigenvalue weighted by Gasteiger charge is -2.24. The second-order valence-electron chi connectivity index (χ2n) is 7.24. The second-order valence-corrected chi connectivity index (χ2v) is 7.24. The molecule has 2 aliphatic rings. The van der Waals surface area contributed by atoms with Gasteiger partial charge in [0.25, 0.3) is 0 Å². The molecule has 0 aromatic carbocycles. The van der Waals surface area contributed by atoms with Crippen LogP contribution >= 0.6 is 0 Å². The van der Waals surface area contributed by atoms with E-state index in [0.717, 1.165) is 50.2 Å². The van der Waals surface area contributed by atoms with Gasteiger partial charge < -0.3 is 5.32 Å². The van der Waals surface area contributed by atoms with Crippen molar-refractivity contribution in [3.05, 3.63) is 22.8 Å². The first-order valence-corrected chi connectivity index (χ1v) is 9.48. The van der Waals surface area contributed by atoms with Crippen LogP contribution in [0.25, 0.3) is 0 Å². The molecule has 0 spiro atoms. The Bertz CT molecular complexity index is 587. The maximum Gasteiger partial charge on any atom is 0.237 e. The summed E-state index contributed by atoms with van der Waals surface area (Å²) in [5, 5.41) is 3.10. The van der Waals surface area contributed by atoms with Crippen LogP contribution in [0, 0.1) is 6.92 Å². The fourth-order valence-electron chi connectivity index (χ4n) is 3.95. The monoisotopic (exact) mass is 330 g/mol. The summed E-state index contributed by atoms with van der Waals surface area (Å²) in [6.07, 6.45) is 9.94. The molecule has 1 aliphatic carbocycles. The summed E-state index contributed by atoms with van der Waals surface area (Å²) < 4.78 is 0. The number of likely N-dealkylation sites (tertiary alicyclic amines) is 1. The zero-order valence-electron chi connectivity index (χ0n) is 15.1. The van der Waals surface area contributed by atoms with Crippen LogP contribution in [0.3, 0.4) is 0 Å². The molecule has 0 bridgehead atoms. The molecule has 1 fully saturated rings. The third-order valence-corrected chi connectivity index (χ3v) is 5.41. The summed E-state index contributed by atoms with van der Waals surface area (Å²) >= 11 is 0. The van der Waals surface area contributed by atoms with Crippen molar-refractivity contribution in [2.75, 3.05) is 20.1 Å². The normalized spacial score (nSPS) is 21.8. The Morgan fingerprint density at radius 3 is 2.88 bits per heavy atom. The van der Waals surface area contributed by atoms with E-state index in [2.05, 4.69) is 29.2 Å². The molecular formula is C19H30N4O. The highest BCUT2D eigenvalue weighted by molar-refractivity contribution is 5.81. The summed E-state index contributed by atoms with van der Waals surface area (Å²) in [6, 6.07) is 0.0266. The average Bonchev–Trinajstić information content (AvgIpc) is 2.79. The number of likely N-dealkylation sites (N-methyl/N-ethyl adjacent to an activating group) is 1. The summed E-state index contributed by atoms with van der Waals surface area (Å²) in [4.78, 5) is 24.0. The summed E-state index contributed by atoms with van der Waals surface area (Å²) in [5.41, 5.74) is 3.72. The van der Waals surface area contributed by atoms with Gasteiger partial charge in [-0.05, 0) is 64.6 Å². The number of hydrogen-bond donors (Lipinski definition) is 1. The summed E-state index contributed by atoms with van der Waals surface area (Å²) in [7, 11) is 2.06. The minimum absolute atomic E-state index is 0.0266. The minimum atomic E-state index is 0.0266. The van der Waals surface area contributed by atoms with Crippen LogP contribution in [0.15, 0.2) is 0 Å². The van der Waals surface area contributed by atoms with Gasteiger partial charge in [0, 0.05) is 24.4 Å². The van der Waals surface area contributed by atoms with Crippen LogP contribution in [-0.2, 0) is 24.1 Å². The Morgan fingerprint density at radius 2 is 2.00 bits per heavy atom. The number of aromatic nitrogens is 2. The Balaban J connectivity index is 1.54. The fourth-order valence-corrected chi connectivity index (χ4v) is 3.95. The molecule has 2 heterocycles. The SMILES string of the molecule is Cc1nc(CCNC(=O)[C@@H]2CCCCCN2C)nc2c1CCCC2. The van der Waals surface area contributed by atoms with Crippen molar-refractivity contribution in [1.29, 1.82) is 0 Å². The van der Waals surface area contributed by atoms with E-state index < -0.39 is 0 Å². The van der Waals surface area contributed by atoms with Crippen molar-refractivity contribution in [1.82, 2.24) is 20.2 Å². The lowest BCUT2D eigenvalue weighted by atomic mass is 9.95. The fraction of sp³-hybridized carbons (Fsp3) is 0.737. The van der Waals surface area contributed by atoms with Crippen molar-refractivity contribution in [3.63, 3.8) is 0 Å². The van der Waals surface area contributed by atoms with Crippen LogP contribution in [0.5, 0.6) is 0 Å². The first-order valence-electron chi connectivity index (χ1n) is 9.48. The van der Waals surface area contributed by atoms with Gasteiger partial charge in [-0.25, -0.2) is 9.97 Å². The largest absolute Gasteiger partial charge is 0.354 e. The molecule has 1 aromatic rings. The van der Waals surface area contributed by atoms with Crippen LogP contribution in [0.4, 0.5) is 0 Å². The predicted molar refractivity (Wildman–Crippen MR) is 95.0 cm³/mol. The van der Waals surface area contributed by atoms with Gasteiger partial charge in [0.1, 0.15) is 5.82 Å². The molecule has 5 heteroatoms. The Hall–Kier alpha value is -1.49. The van der Waals surface area contributed by atoms with Gasteiger partial charge in [-0.15, -0.1) is 0 Å². The van der Waals surface area contributed by atoms with E-state index in [4.69, 9.17) is 4.98 Å². The lowest BCUT2D eigenvalue weighted by molar-refractivity contribution is -0.126. The number of nitrogens with one attached hydrogen (secondary N) is 1. The summed E-state index contributed by atoms with van der Waals surface area (Å²) in [5.74, 6) is 1.04. The molecule has 0 radical (unpaired) electrons. The molecule has 1 aliphatic heterocycles. The number of aryl methyl sites for hydroxylation is 2. The minimum Gasteiger partial charge on any atom is -0.354 e. The highest BCUT2D eigenvalue weighted by Gasteiger charge is 2.24. The standard InChI is InChI=1S/C19H30N4O/c1-14-15-8-5-6-9-16(15)22-18(21-14)11-12-20-19(24)17-10-4-3-7-13-23(17)2/h17H,3-13H2,1-2H3,(H,20,24)/t17-/m0/s1. The van der Waals surface area contributed by atoms with E-state index in [9.17, 15) is 4.79 Å². The number of carbonyl (C=O) groups is 1. The molecule has 3 rings (SSSR count). The zero-order chi connectivity index (χ0) is 16.9. The van der Waals surface area contributed by atoms with E-state index in [-0.39, 0.29) is 11.9 Å². The van der Waals surface area contributed by atoms with Crippen molar-refractivity contribution in [2.45, 2.75) is 70.8 Å². The Kier molecular flexibility index (Phi) is 5.82. The van der Waals surface area contributed by atoms with Crippen LogP contribution < -0.4 is 5.32 Å². The number of amides is 1. The molecule has 5 nitrogen and oxygen atoms in total. The van der Waals surface area contributed by atoms with Gasteiger partial charge in [-0.2, -0.15) is 0 Å². The molecule has 0 unspecified atom stereocenters. The number of nitrogens with zero attached hydrogens (tertiary/aromatic N) is 3. The second kappa shape index (κ2) is 8.06. The maximum absolute atomic E-state index is 12.5. The van der Waals surface area contributed by atoms with Gasteiger partial charge in [0.05, 0.1) is 6.04 Å². The van der Waals surface area contributed by atoms with Gasteiger partial charge in [-0.1, -0.05) is 12.8 Å². The number of fused-ring (bicyclic) bond motifs is 1. The molecule has 1 aromatic heterocycles. The number of rotatable bonds is 4. The molecule has 1 atom stereocenters. The Morgan fingerprint density at radius 1 is 1.17 bits per heavy atom. The number of hydrogen-bond acceptors (Lipinski definition) is 4. The molecule has 132 valence electrons. The van der Waals surface area contributed by atoms with Gasteiger partial charge >= 0.3 is 0 Å². The van der Waals surface area contributed by atoms with E-state index in [1.54, 1.807) is 0 Å². The molecule has 1 amide bonds. The van der Waals surface area contributed by atoms with E-state index in [0.29, 0.717) is 6.54 Å². The smallest absolute Gasteiger partial charge is 0.237 e. The van der Waals surface area contributed by atoms with Crippen molar-refractivity contribution < 1.29 is 4.79 Å². The maximum atomic E-state index is 12.5. The average molecular weight is 330 g/mol. The van der Waals surface area contributed by atoms with E-state index >= 15 is 0 Å². The highest BCUT2D eigenvalue weighted by Crippen LogP contribution is 2.21. The van der Waals surface area contributed by atoms with Gasteiger partial charge in [-0.3, -0.25) is 9.69 Å². The molecular weight excluding hydrogens is 300 g/mol. The highest BCUT2D eigenvalue weighted by atomic mass is 16.2. The van der Waals surface area contributed by atoms with Crippen LogP contribution in [0.1, 0.15) is 61.3 Å². The van der Waals surface area contributed by atoms with Gasteiger partial charge in [0.2, 0.25) is 5.91 Å². The molecule has 24 heavy (non-hydrogen) atoms. The summed E-state index contributed by atoms with van der Waals surface area (Å²) in [6.45, 7) is 3.74. The van der Waals surface area contributed by atoms with Crippen molar-refractivity contribution in [2.24, 2.45) is 0 Å². The first kappa shape index (κ1) is 17.3. The molecule has 1 saturated heterocycles. The van der Waals surface area contributed by atoms with Crippen LogP contribution in [0.2, 0.25) is 0 Å². The van der Waals surface area contributed by atoms with Gasteiger partial charge in [0.15, 0.2) is 0 Å². The first-order chi connectivity index (χ1) is 11.6. The third kappa shape index (κ3) is 4.12. The number of carbonyl (C=O) groups excluding carboxylic acids is 1. The van der Waals surface area contributed by atoms with Crippen molar-refractivity contribution >= 4 is 5.91 Å². The zero-order valence-corrected chi connectivity index (χ0v) is 15.1. The quantitative estimate of drug-likeness (QED) is 0.919. The molecule has 0 saturated carbocycles. The van der Waals surface area contributed by atoms with E-state index in [1.807, 2.05) is 0 Å².